The van der Waals surface area contributed by atoms with Gasteiger partial charge < -0.3 is 14.9 Å². The molecular weight excluding hydrogens is 268 g/mol. The molecule has 0 aromatic carbocycles. The van der Waals surface area contributed by atoms with Crippen LogP contribution in [0.4, 0.5) is 0 Å². The molecule has 0 atom stereocenters. The van der Waals surface area contributed by atoms with Gasteiger partial charge in [0, 0.05) is 38.5 Å². The van der Waals surface area contributed by atoms with E-state index in [4.69, 9.17) is 5.11 Å². The normalized spacial score (nSPS) is 16.7. The third-order valence-corrected chi connectivity index (χ3v) is 4.43. The number of hydrogen-bond acceptors (Lipinski definition) is 3. The Kier molecular flexibility index (Phi) is 7.72. The van der Waals surface area contributed by atoms with Gasteiger partial charge in [0.25, 0.3) is 0 Å². The maximum absolute atomic E-state index is 12.0. The van der Waals surface area contributed by atoms with Gasteiger partial charge in [-0.25, -0.2) is 0 Å². The van der Waals surface area contributed by atoms with Crippen LogP contribution in [-0.2, 0) is 9.59 Å². The number of carboxylic acids is 1. The highest BCUT2D eigenvalue weighted by Gasteiger charge is 2.23. The van der Waals surface area contributed by atoms with Crippen molar-refractivity contribution in [3.05, 3.63) is 0 Å². The Morgan fingerprint density at radius 2 is 1.76 bits per heavy atom. The Morgan fingerprint density at radius 3 is 2.29 bits per heavy atom. The molecule has 1 saturated heterocycles. The number of piperidine rings is 1. The SMILES string of the molecule is CC(C)N(C)CC1CCN(C(=O)CCCCC(=O)O)CC1. The van der Waals surface area contributed by atoms with Crippen LogP contribution < -0.4 is 0 Å². The number of rotatable bonds is 8. The Morgan fingerprint density at radius 1 is 1.19 bits per heavy atom. The molecule has 5 heteroatoms. The van der Waals surface area contributed by atoms with Crippen molar-refractivity contribution in [2.75, 3.05) is 26.7 Å². The summed E-state index contributed by atoms with van der Waals surface area (Å²) in [6.07, 6.45) is 4.09. The van der Waals surface area contributed by atoms with Crippen molar-refractivity contribution in [1.82, 2.24) is 9.80 Å². The van der Waals surface area contributed by atoms with Gasteiger partial charge in [-0.05, 0) is 52.5 Å². The molecule has 0 aromatic rings. The second-order valence-electron chi connectivity index (χ2n) is 6.46. The lowest BCUT2D eigenvalue weighted by Gasteiger charge is -2.35. The van der Waals surface area contributed by atoms with Gasteiger partial charge in [-0.1, -0.05) is 0 Å². The average molecular weight is 298 g/mol. The van der Waals surface area contributed by atoms with Crippen molar-refractivity contribution in [3.63, 3.8) is 0 Å². The van der Waals surface area contributed by atoms with Crippen molar-refractivity contribution < 1.29 is 14.7 Å². The minimum atomic E-state index is -0.780. The highest BCUT2D eigenvalue weighted by atomic mass is 16.4. The second kappa shape index (κ2) is 9.03. The standard InChI is InChI=1S/C16H30N2O3/c1-13(2)17(3)12-14-8-10-18(11-9-14)15(19)6-4-5-7-16(20)21/h13-14H,4-12H2,1-3H3,(H,20,21). The Balaban J connectivity index is 2.20. The Hall–Kier alpha value is -1.10. The number of carboxylic acid groups (broad SMARTS) is 1. The number of nitrogens with zero attached hydrogens (tertiary/aromatic N) is 2. The van der Waals surface area contributed by atoms with Gasteiger partial charge in [-0.15, -0.1) is 0 Å². The molecule has 0 aliphatic carbocycles. The summed E-state index contributed by atoms with van der Waals surface area (Å²) in [5.74, 6) is 0.0991. The molecule has 21 heavy (non-hydrogen) atoms. The molecule has 1 N–H and O–H groups in total. The lowest BCUT2D eigenvalue weighted by atomic mass is 9.95. The summed E-state index contributed by atoms with van der Waals surface area (Å²) >= 11 is 0. The number of amides is 1. The molecule has 0 aromatic heterocycles. The number of likely N-dealkylation sites (tertiary alicyclic amines) is 1. The van der Waals surface area contributed by atoms with E-state index < -0.39 is 5.97 Å². The first-order valence-electron chi connectivity index (χ1n) is 8.10. The van der Waals surface area contributed by atoms with E-state index in [-0.39, 0.29) is 12.3 Å². The largest absolute Gasteiger partial charge is 0.481 e. The van der Waals surface area contributed by atoms with Crippen LogP contribution in [0.5, 0.6) is 0 Å². The fourth-order valence-corrected chi connectivity index (χ4v) is 2.69. The van der Waals surface area contributed by atoms with Crippen LogP contribution in [0.1, 0.15) is 52.4 Å². The quantitative estimate of drug-likeness (QED) is 0.698. The van der Waals surface area contributed by atoms with Gasteiger partial charge in [-0.3, -0.25) is 9.59 Å². The molecule has 1 fully saturated rings. The van der Waals surface area contributed by atoms with Gasteiger partial charge in [0.1, 0.15) is 0 Å². The summed E-state index contributed by atoms with van der Waals surface area (Å²) in [5.41, 5.74) is 0. The van der Waals surface area contributed by atoms with Crippen LogP contribution in [0, 0.1) is 5.92 Å². The zero-order valence-electron chi connectivity index (χ0n) is 13.7. The van der Waals surface area contributed by atoms with Gasteiger partial charge >= 0.3 is 5.97 Å². The molecule has 0 unspecified atom stereocenters. The van der Waals surface area contributed by atoms with E-state index in [1.54, 1.807) is 0 Å². The third kappa shape index (κ3) is 6.93. The third-order valence-electron chi connectivity index (χ3n) is 4.43. The van der Waals surface area contributed by atoms with Crippen LogP contribution >= 0.6 is 0 Å². The summed E-state index contributed by atoms with van der Waals surface area (Å²) < 4.78 is 0. The minimum absolute atomic E-state index is 0.164. The predicted octanol–water partition coefficient (Wildman–Crippen LogP) is 2.21. The molecule has 1 heterocycles. The first-order valence-corrected chi connectivity index (χ1v) is 8.10. The maximum atomic E-state index is 12.0. The van der Waals surface area contributed by atoms with E-state index in [2.05, 4.69) is 25.8 Å². The summed E-state index contributed by atoms with van der Waals surface area (Å²) in [5, 5.41) is 8.57. The Labute approximate surface area is 128 Å². The van der Waals surface area contributed by atoms with E-state index in [0.29, 0.717) is 31.2 Å². The molecule has 122 valence electrons. The van der Waals surface area contributed by atoms with E-state index >= 15 is 0 Å². The fraction of sp³-hybridized carbons (Fsp3) is 0.875. The smallest absolute Gasteiger partial charge is 0.303 e. The van der Waals surface area contributed by atoms with Crippen molar-refractivity contribution in [1.29, 1.82) is 0 Å². The van der Waals surface area contributed by atoms with Gasteiger partial charge in [0.15, 0.2) is 0 Å². The lowest BCUT2D eigenvalue weighted by Crippen LogP contribution is -2.42. The molecule has 1 rings (SSSR count). The van der Waals surface area contributed by atoms with Crippen LogP contribution in [0.15, 0.2) is 0 Å². The molecule has 0 saturated carbocycles. The minimum Gasteiger partial charge on any atom is -0.481 e. The van der Waals surface area contributed by atoms with E-state index in [0.717, 1.165) is 32.5 Å². The fourth-order valence-electron chi connectivity index (χ4n) is 2.69. The summed E-state index contributed by atoms with van der Waals surface area (Å²) in [4.78, 5) is 26.8. The Bertz CT molecular complexity index is 336. The first-order chi connectivity index (χ1) is 9.90. The van der Waals surface area contributed by atoms with Crippen molar-refractivity contribution in [2.24, 2.45) is 5.92 Å². The molecule has 5 nitrogen and oxygen atoms in total. The van der Waals surface area contributed by atoms with E-state index in [1.165, 1.54) is 0 Å². The maximum Gasteiger partial charge on any atom is 0.303 e. The molecule has 0 bridgehead atoms. The van der Waals surface area contributed by atoms with Crippen LogP contribution in [0.25, 0.3) is 0 Å². The highest BCUT2D eigenvalue weighted by molar-refractivity contribution is 5.76. The van der Waals surface area contributed by atoms with Gasteiger partial charge in [0.05, 0.1) is 0 Å². The molecule has 1 amide bonds. The number of unbranched alkanes of at least 4 members (excludes halogenated alkanes) is 1. The molecule has 0 spiro atoms. The van der Waals surface area contributed by atoms with Crippen molar-refractivity contribution in [2.45, 2.75) is 58.4 Å². The van der Waals surface area contributed by atoms with Crippen LogP contribution in [-0.4, -0.2) is 59.5 Å². The lowest BCUT2D eigenvalue weighted by molar-refractivity contribution is -0.137. The topological polar surface area (TPSA) is 60.9 Å². The van der Waals surface area contributed by atoms with Crippen molar-refractivity contribution >= 4 is 11.9 Å². The van der Waals surface area contributed by atoms with E-state index in [1.807, 2.05) is 4.90 Å². The van der Waals surface area contributed by atoms with Gasteiger partial charge in [0.2, 0.25) is 5.91 Å². The van der Waals surface area contributed by atoms with E-state index in [9.17, 15) is 9.59 Å². The zero-order chi connectivity index (χ0) is 15.8. The monoisotopic (exact) mass is 298 g/mol. The number of hydrogen-bond donors (Lipinski definition) is 1. The van der Waals surface area contributed by atoms with Crippen LogP contribution in [0.2, 0.25) is 0 Å². The van der Waals surface area contributed by atoms with Crippen molar-refractivity contribution in [3.8, 4) is 0 Å². The molecule has 1 aliphatic heterocycles. The number of aliphatic carboxylic acids is 1. The summed E-state index contributed by atoms with van der Waals surface area (Å²) in [6, 6.07) is 0.568. The predicted molar refractivity (Wildman–Crippen MR) is 83.2 cm³/mol. The molecule has 0 radical (unpaired) electrons. The zero-order valence-corrected chi connectivity index (χ0v) is 13.7. The number of carbonyl (C=O) groups excluding carboxylic acids is 1. The summed E-state index contributed by atoms with van der Waals surface area (Å²) in [6.45, 7) is 7.23. The highest BCUT2D eigenvalue weighted by Crippen LogP contribution is 2.19. The first kappa shape index (κ1) is 18.0. The average Bonchev–Trinajstić information content (AvgIpc) is 2.43. The number of carbonyl (C=O) groups is 2. The van der Waals surface area contributed by atoms with Gasteiger partial charge in [-0.2, -0.15) is 0 Å². The molecular formula is C16H30N2O3. The second-order valence-corrected chi connectivity index (χ2v) is 6.46. The summed E-state index contributed by atoms with van der Waals surface area (Å²) in [7, 11) is 2.16. The molecule has 1 aliphatic rings. The van der Waals surface area contributed by atoms with Crippen LogP contribution in [0.3, 0.4) is 0 Å².